The van der Waals surface area contributed by atoms with E-state index in [0.29, 0.717) is 23.2 Å². The minimum absolute atomic E-state index is 0.270. The number of carbonyl (C=O) groups excluding carboxylic acids is 1. The normalized spacial score (nSPS) is 39.2. The topological polar surface area (TPSA) is 67.2 Å². The molecule has 0 aromatic carbocycles. The summed E-state index contributed by atoms with van der Waals surface area (Å²) in [6.07, 6.45) is 18.1. The molecule has 0 aliphatic heterocycles. The zero-order chi connectivity index (χ0) is 27.3. The molecule has 0 aromatic rings. The maximum Gasteiger partial charge on any atom is 0.157 e. The molecule has 38 heavy (non-hydrogen) atoms. The second-order valence-electron chi connectivity index (χ2n) is 14.6. The summed E-state index contributed by atoms with van der Waals surface area (Å²) in [7, 11) is 0. The number of fused-ring (bicyclic) bond motifs is 5. The van der Waals surface area contributed by atoms with Gasteiger partial charge in [-0.2, -0.15) is 0 Å². The highest BCUT2D eigenvalue weighted by Gasteiger charge is 2.60. The van der Waals surface area contributed by atoms with Crippen molar-refractivity contribution in [3.8, 4) is 0 Å². The van der Waals surface area contributed by atoms with Gasteiger partial charge in [-0.3, -0.25) is 4.79 Å². The van der Waals surface area contributed by atoms with Gasteiger partial charge < -0.3 is 16.4 Å². The number of nitrogens with two attached hydrogens (primary N) is 1. The maximum atomic E-state index is 12.2. The molecule has 0 bridgehead atoms. The minimum atomic E-state index is 0.270. The lowest BCUT2D eigenvalue weighted by molar-refractivity contribution is -0.119. The van der Waals surface area contributed by atoms with E-state index in [1.165, 1.54) is 70.6 Å². The number of hydrogen-bond acceptors (Lipinski definition) is 4. The van der Waals surface area contributed by atoms with E-state index in [4.69, 9.17) is 5.73 Å². The van der Waals surface area contributed by atoms with Crippen LogP contribution in [0.2, 0.25) is 0 Å². The fourth-order valence-corrected chi connectivity index (χ4v) is 10.2. The Labute approximate surface area is 235 Å². The molecule has 0 saturated heterocycles. The van der Waals surface area contributed by atoms with E-state index in [2.05, 4.69) is 38.0 Å². The predicted octanol–water partition coefficient (Wildman–Crippen LogP) is 6.88. The molecule has 4 rings (SSSR count). The zero-order valence-electron chi connectivity index (χ0n) is 25.5. The van der Waals surface area contributed by atoms with Crippen LogP contribution in [0.5, 0.6) is 0 Å². The van der Waals surface area contributed by atoms with Crippen LogP contribution in [0.15, 0.2) is 12.2 Å². The lowest BCUT2D eigenvalue weighted by Gasteiger charge is -2.61. The van der Waals surface area contributed by atoms with Gasteiger partial charge in [-0.15, -0.1) is 0 Å². The monoisotopic (exact) mass is 527 g/mol. The van der Waals surface area contributed by atoms with Crippen LogP contribution >= 0.6 is 0 Å². The van der Waals surface area contributed by atoms with Crippen LogP contribution in [0.25, 0.3) is 0 Å². The standard InChI is InChI=1S/C34H61N3O/c1-24(2)32(38)14-9-25(3)29-12-13-30-28-11-10-26-23-27(37-22-8-21-36-20-7-6-19-35)15-17-33(26,4)31(28)16-18-34(29,30)5/h25-31,36-37H,1,6-23,35H2,2-5H3/t25-,26?,27+,28?,29?,30?,31?,33+,34-/m1/s1. The maximum absolute atomic E-state index is 12.2. The first-order valence-corrected chi connectivity index (χ1v) is 16.5. The number of Topliss-reactive ketones (excluding diaryl/α,β-unsaturated/α-hetero) is 1. The summed E-state index contributed by atoms with van der Waals surface area (Å²) in [5.41, 5.74) is 7.37. The molecule has 4 aliphatic rings. The number of allylic oxidation sites excluding steroid dienone is 1. The Bertz CT molecular complexity index is 797. The summed E-state index contributed by atoms with van der Waals surface area (Å²) < 4.78 is 0. The quantitative estimate of drug-likeness (QED) is 0.170. The van der Waals surface area contributed by atoms with Gasteiger partial charge in [0, 0.05) is 12.5 Å². The van der Waals surface area contributed by atoms with E-state index in [0.717, 1.165) is 80.2 Å². The SMILES string of the molecule is C=C(C)C(=O)CC[C@@H](C)C1CCC2C3CCC4C[C@@H](NCCCNCCCCN)CC[C@]4(C)C3CC[C@@]21C. The van der Waals surface area contributed by atoms with E-state index in [9.17, 15) is 4.79 Å². The zero-order valence-corrected chi connectivity index (χ0v) is 25.5. The van der Waals surface area contributed by atoms with Gasteiger partial charge in [-0.1, -0.05) is 27.4 Å². The molecule has 4 heteroatoms. The molecule has 4 N–H and O–H groups in total. The summed E-state index contributed by atoms with van der Waals surface area (Å²) in [6.45, 7) is 17.7. The molecule has 0 heterocycles. The van der Waals surface area contributed by atoms with Crippen molar-refractivity contribution in [2.75, 3.05) is 26.2 Å². The average molecular weight is 528 g/mol. The summed E-state index contributed by atoms with van der Waals surface area (Å²) >= 11 is 0. The van der Waals surface area contributed by atoms with Gasteiger partial charge in [0.05, 0.1) is 0 Å². The van der Waals surface area contributed by atoms with Crippen LogP contribution in [0.1, 0.15) is 118 Å². The predicted molar refractivity (Wildman–Crippen MR) is 161 cm³/mol. The summed E-state index contributed by atoms with van der Waals surface area (Å²) in [5, 5.41) is 7.52. The second kappa shape index (κ2) is 13.3. The first-order chi connectivity index (χ1) is 18.2. The van der Waals surface area contributed by atoms with Crippen molar-refractivity contribution in [3.05, 3.63) is 12.2 Å². The van der Waals surface area contributed by atoms with Gasteiger partial charge in [-0.05, 0) is 168 Å². The molecule has 4 fully saturated rings. The average Bonchev–Trinajstić information content (AvgIpc) is 3.25. The van der Waals surface area contributed by atoms with E-state index in [1.807, 2.05) is 6.92 Å². The number of nitrogens with one attached hydrogen (secondary N) is 2. The molecule has 5 unspecified atom stereocenters. The lowest BCUT2D eigenvalue weighted by atomic mass is 9.44. The van der Waals surface area contributed by atoms with Crippen molar-refractivity contribution < 1.29 is 4.79 Å². The number of carbonyl (C=O) groups is 1. The third-order valence-corrected chi connectivity index (χ3v) is 12.5. The molecule has 0 spiro atoms. The molecule has 0 radical (unpaired) electrons. The van der Waals surface area contributed by atoms with Crippen LogP contribution in [-0.2, 0) is 4.79 Å². The Morgan fingerprint density at radius 2 is 1.68 bits per heavy atom. The summed E-state index contributed by atoms with van der Waals surface area (Å²) in [4.78, 5) is 12.2. The first-order valence-electron chi connectivity index (χ1n) is 16.5. The highest BCUT2D eigenvalue weighted by molar-refractivity contribution is 5.94. The van der Waals surface area contributed by atoms with Crippen LogP contribution < -0.4 is 16.4 Å². The van der Waals surface area contributed by atoms with Crippen LogP contribution in [0.3, 0.4) is 0 Å². The Hall–Kier alpha value is -0.710. The van der Waals surface area contributed by atoms with E-state index >= 15 is 0 Å². The largest absolute Gasteiger partial charge is 0.330 e. The van der Waals surface area contributed by atoms with Crippen LogP contribution in [0.4, 0.5) is 0 Å². The minimum Gasteiger partial charge on any atom is -0.330 e. The Morgan fingerprint density at radius 1 is 0.947 bits per heavy atom. The number of unbranched alkanes of at least 4 members (excludes halogenated alkanes) is 1. The molecular weight excluding hydrogens is 466 g/mol. The third-order valence-electron chi connectivity index (χ3n) is 12.5. The number of hydrogen-bond donors (Lipinski definition) is 3. The Kier molecular flexibility index (Phi) is 10.6. The van der Waals surface area contributed by atoms with Gasteiger partial charge in [-0.25, -0.2) is 0 Å². The van der Waals surface area contributed by atoms with Gasteiger partial charge in [0.25, 0.3) is 0 Å². The molecule has 4 saturated carbocycles. The molecule has 4 nitrogen and oxygen atoms in total. The van der Waals surface area contributed by atoms with E-state index < -0.39 is 0 Å². The first kappa shape index (κ1) is 30.3. The molecular formula is C34H61N3O. The number of ketones is 1. The smallest absolute Gasteiger partial charge is 0.157 e. The highest BCUT2D eigenvalue weighted by atomic mass is 16.1. The van der Waals surface area contributed by atoms with Crippen LogP contribution in [-0.4, -0.2) is 38.0 Å². The van der Waals surface area contributed by atoms with Gasteiger partial charge >= 0.3 is 0 Å². The van der Waals surface area contributed by atoms with Gasteiger partial charge in [0.15, 0.2) is 5.78 Å². The molecule has 218 valence electrons. The van der Waals surface area contributed by atoms with Gasteiger partial charge in [0.2, 0.25) is 0 Å². The summed E-state index contributed by atoms with van der Waals surface area (Å²) in [6, 6.07) is 0.731. The van der Waals surface area contributed by atoms with Crippen molar-refractivity contribution in [3.63, 3.8) is 0 Å². The van der Waals surface area contributed by atoms with Gasteiger partial charge in [0.1, 0.15) is 0 Å². The van der Waals surface area contributed by atoms with Crippen molar-refractivity contribution in [1.29, 1.82) is 0 Å². The van der Waals surface area contributed by atoms with Crippen LogP contribution in [0, 0.1) is 46.3 Å². The Morgan fingerprint density at radius 3 is 2.45 bits per heavy atom. The lowest BCUT2D eigenvalue weighted by Crippen LogP contribution is -2.55. The molecule has 0 amide bonds. The van der Waals surface area contributed by atoms with Crippen molar-refractivity contribution in [2.45, 2.75) is 124 Å². The summed E-state index contributed by atoms with van der Waals surface area (Å²) in [5.74, 6) is 5.43. The van der Waals surface area contributed by atoms with E-state index in [-0.39, 0.29) is 5.78 Å². The molecule has 9 atom stereocenters. The second-order valence-corrected chi connectivity index (χ2v) is 14.6. The highest BCUT2D eigenvalue weighted by Crippen LogP contribution is 2.68. The van der Waals surface area contributed by atoms with Crippen molar-refractivity contribution in [1.82, 2.24) is 10.6 Å². The fraction of sp³-hybridized carbons (Fsp3) is 0.912. The number of rotatable bonds is 14. The molecule has 4 aliphatic carbocycles. The fourth-order valence-electron chi connectivity index (χ4n) is 10.2. The van der Waals surface area contributed by atoms with E-state index in [1.54, 1.807) is 0 Å². The Balaban J connectivity index is 1.27. The van der Waals surface area contributed by atoms with Crippen molar-refractivity contribution >= 4 is 5.78 Å². The third kappa shape index (κ3) is 6.44. The van der Waals surface area contributed by atoms with Crippen molar-refractivity contribution in [2.24, 2.45) is 52.1 Å². The molecule has 0 aromatic heterocycles.